The first kappa shape index (κ1) is 18.6. The van der Waals surface area contributed by atoms with E-state index < -0.39 is 12.1 Å². The molecule has 2 aromatic carbocycles. The number of rotatable bonds is 4. The smallest absolute Gasteiger partial charge is 0.330 e. The van der Waals surface area contributed by atoms with Crippen molar-refractivity contribution in [2.75, 3.05) is 31.1 Å². The largest absolute Gasteiger partial charge is 0.333 e. The molecule has 1 saturated heterocycles. The number of piperazine rings is 1. The second-order valence-electron chi connectivity index (χ2n) is 6.13. The van der Waals surface area contributed by atoms with Gasteiger partial charge in [0.25, 0.3) is 0 Å². The van der Waals surface area contributed by atoms with Gasteiger partial charge in [-0.15, -0.1) is 0 Å². The summed E-state index contributed by atoms with van der Waals surface area (Å²) < 4.78 is 0. The van der Waals surface area contributed by atoms with E-state index in [2.05, 4.69) is 10.6 Å². The van der Waals surface area contributed by atoms with Crippen LogP contribution in [0.5, 0.6) is 0 Å². The Balaban J connectivity index is 1.91. The Labute approximate surface area is 158 Å². The van der Waals surface area contributed by atoms with E-state index in [4.69, 9.17) is 0 Å². The molecule has 0 spiro atoms. The Bertz CT molecular complexity index is 782. The minimum Gasteiger partial charge on any atom is -0.330 e. The molecule has 1 unspecified atom stereocenters. The van der Waals surface area contributed by atoms with Gasteiger partial charge in [-0.05, 0) is 17.7 Å². The highest BCUT2D eigenvalue weighted by Gasteiger charge is 2.34. The summed E-state index contributed by atoms with van der Waals surface area (Å²) in [6.45, 7) is 1.57. The monoisotopic (exact) mass is 366 g/mol. The molecule has 7 nitrogen and oxygen atoms in total. The third-order valence-corrected chi connectivity index (χ3v) is 4.42. The number of urea groups is 2. The summed E-state index contributed by atoms with van der Waals surface area (Å²) in [5, 5.41) is 5.76. The van der Waals surface area contributed by atoms with E-state index in [1.165, 1.54) is 0 Å². The van der Waals surface area contributed by atoms with Crippen LogP contribution < -0.4 is 15.5 Å². The highest BCUT2D eigenvalue weighted by atomic mass is 16.2. The lowest BCUT2D eigenvalue weighted by molar-refractivity contribution is -0.107. The molecule has 4 amide bonds. The zero-order chi connectivity index (χ0) is 19.1. The van der Waals surface area contributed by atoms with Crippen molar-refractivity contribution in [1.82, 2.24) is 15.5 Å². The Morgan fingerprint density at radius 2 is 1.78 bits per heavy atom. The summed E-state index contributed by atoms with van der Waals surface area (Å²) in [5.74, 6) is 0. The fraction of sp³-hybridized carbons (Fsp3) is 0.250. The topological polar surface area (TPSA) is 81.8 Å². The van der Waals surface area contributed by atoms with Crippen LogP contribution in [0.2, 0.25) is 0 Å². The third-order valence-electron chi connectivity index (χ3n) is 4.42. The van der Waals surface area contributed by atoms with Crippen LogP contribution in [0.15, 0.2) is 60.7 Å². The standard InChI is InChI=1S/C20H22N4O3/c25-14-12-22-19(26)24(17-9-5-2-6-10-17)20(27)23-13-11-21-15-18(23)16-7-3-1-4-8-16/h1-10,14,18,21H,11-13,15H2,(H,22,26). The number of carbonyl (C=O) groups excluding carboxylic acids is 3. The molecule has 0 saturated carbocycles. The number of amides is 4. The summed E-state index contributed by atoms with van der Waals surface area (Å²) in [5.41, 5.74) is 1.45. The molecule has 0 radical (unpaired) electrons. The maximum Gasteiger partial charge on any atom is 0.333 e. The van der Waals surface area contributed by atoms with E-state index in [-0.39, 0.29) is 12.6 Å². The van der Waals surface area contributed by atoms with Gasteiger partial charge in [-0.1, -0.05) is 48.5 Å². The summed E-state index contributed by atoms with van der Waals surface area (Å²) in [6, 6.07) is 17.2. The van der Waals surface area contributed by atoms with Gasteiger partial charge in [0.1, 0.15) is 6.29 Å². The second kappa shape index (κ2) is 8.95. The van der Waals surface area contributed by atoms with Crippen LogP contribution in [0.4, 0.5) is 15.3 Å². The number of hydrogen-bond acceptors (Lipinski definition) is 4. The van der Waals surface area contributed by atoms with E-state index in [9.17, 15) is 14.4 Å². The number of benzene rings is 2. The molecular weight excluding hydrogens is 344 g/mol. The number of hydrogen-bond donors (Lipinski definition) is 2. The average molecular weight is 366 g/mol. The van der Waals surface area contributed by atoms with Crippen molar-refractivity contribution in [2.45, 2.75) is 6.04 Å². The van der Waals surface area contributed by atoms with Crippen LogP contribution in [0, 0.1) is 0 Å². The quantitative estimate of drug-likeness (QED) is 0.813. The number of aldehydes is 1. The molecule has 27 heavy (non-hydrogen) atoms. The fourth-order valence-electron chi connectivity index (χ4n) is 3.13. The molecule has 1 heterocycles. The van der Waals surface area contributed by atoms with Crippen LogP contribution in [0.25, 0.3) is 0 Å². The molecule has 1 atom stereocenters. The van der Waals surface area contributed by atoms with Gasteiger partial charge in [0.2, 0.25) is 0 Å². The van der Waals surface area contributed by atoms with E-state index in [1.54, 1.807) is 29.2 Å². The molecule has 1 aliphatic heterocycles. The minimum atomic E-state index is -0.622. The summed E-state index contributed by atoms with van der Waals surface area (Å²) in [4.78, 5) is 39.4. The van der Waals surface area contributed by atoms with Crippen LogP contribution in [0.1, 0.15) is 11.6 Å². The highest BCUT2D eigenvalue weighted by molar-refractivity contribution is 6.13. The maximum atomic E-state index is 13.4. The van der Waals surface area contributed by atoms with E-state index >= 15 is 0 Å². The lowest BCUT2D eigenvalue weighted by Crippen LogP contribution is -2.56. The molecule has 2 N–H and O–H groups in total. The summed E-state index contributed by atoms with van der Waals surface area (Å²) in [6.07, 6.45) is 0.586. The predicted octanol–water partition coefficient (Wildman–Crippen LogP) is 2.17. The molecule has 0 aliphatic carbocycles. The third kappa shape index (κ3) is 4.32. The molecule has 1 aliphatic rings. The lowest BCUT2D eigenvalue weighted by atomic mass is 10.0. The van der Waals surface area contributed by atoms with Crippen molar-refractivity contribution < 1.29 is 14.4 Å². The molecule has 2 aromatic rings. The number of imide groups is 1. The zero-order valence-electron chi connectivity index (χ0n) is 14.9. The van der Waals surface area contributed by atoms with Crippen molar-refractivity contribution >= 4 is 24.0 Å². The van der Waals surface area contributed by atoms with Crippen LogP contribution >= 0.6 is 0 Å². The maximum absolute atomic E-state index is 13.4. The summed E-state index contributed by atoms with van der Waals surface area (Å²) in [7, 11) is 0. The molecule has 0 bridgehead atoms. The van der Waals surface area contributed by atoms with Gasteiger partial charge in [-0.2, -0.15) is 0 Å². The van der Waals surface area contributed by atoms with E-state index in [1.807, 2.05) is 36.4 Å². The minimum absolute atomic E-state index is 0.154. The summed E-state index contributed by atoms with van der Waals surface area (Å²) >= 11 is 0. The number of nitrogens with zero attached hydrogens (tertiary/aromatic N) is 2. The Morgan fingerprint density at radius 3 is 2.44 bits per heavy atom. The van der Waals surface area contributed by atoms with Crippen LogP contribution in [-0.4, -0.2) is 49.4 Å². The number of carbonyl (C=O) groups is 3. The van der Waals surface area contributed by atoms with Gasteiger partial charge in [0.15, 0.2) is 0 Å². The van der Waals surface area contributed by atoms with E-state index in [0.717, 1.165) is 10.5 Å². The first-order valence-electron chi connectivity index (χ1n) is 8.85. The fourth-order valence-corrected chi connectivity index (χ4v) is 3.13. The van der Waals surface area contributed by atoms with Crippen molar-refractivity contribution in [3.63, 3.8) is 0 Å². The van der Waals surface area contributed by atoms with Gasteiger partial charge >= 0.3 is 12.1 Å². The number of anilines is 1. The van der Waals surface area contributed by atoms with Crippen LogP contribution in [0.3, 0.4) is 0 Å². The average Bonchev–Trinajstić information content (AvgIpc) is 2.73. The highest BCUT2D eigenvalue weighted by Crippen LogP contribution is 2.25. The molecule has 140 valence electrons. The van der Waals surface area contributed by atoms with E-state index in [0.29, 0.717) is 31.6 Å². The first-order chi connectivity index (χ1) is 13.2. The van der Waals surface area contributed by atoms with Crippen molar-refractivity contribution in [3.05, 3.63) is 66.2 Å². The molecule has 7 heteroatoms. The Morgan fingerprint density at radius 1 is 1.11 bits per heavy atom. The number of nitrogens with one attached hydrogen (secondary N) is 2. The molecule has 0 aromatic heterocycles. The first-order valence-corrected chi connectivity index (χ1v) is 8.85. The SMILES string of the molecule is O=CCNC(=O)N(C(=O)N1CCNCC1c1ccccc1)c1ccccc1. The van der Waals surface area contributed by atoms with Gasteiger partial charge < -0.3 is 20.3 Å². The zero-order valence-corrected chi connectivity index (χ0v) is 14.9. The number of para-hydroxylation sites is 1. The molecule has 3 rings (SSSR count). The van der Waals surface area contributed by atoms with Gasteiger partial charge in [-0.3, -0.25) is 0 Å². The lowest BCUT2D eigenvalue weighted by Gasteiger charge is -2.39. The van der Waals surface area contributed by atoms with Gasteiger partial charge in [-0.25, -0.2) is 14.5 Å². The van der Waals surface area contributed by atoms with Gasteiger partial charge in [0.05, 0.1) is 18.3 Å². The molecular formula is C20H22N4O3. The van der Waals surface area contributed by atoms with Gasteiger partial charge in [0, 0.05) is 19.6 Å². The Kier molecular flexibility index (Phi) is 6.17. The molecule has 1 fully saturated rings. The van der Waals surface area contributed by atoms with Crippen molar-refractivity contribution in [3.8, 4) is 0 Å². The van der Waals surface area contributed by atoms with Crippen molar-refractivity contribution in [2.24, 2.45) is 0 Å². The Hall–Kier alpha value is -3.19. The van der Waals surface area contributed by atoms with Crippen LogP contribution in [-0.2, 0) is 4.79 Å². The predicted molar refractivity (Wildman–Crippen MR) is 103 cm³/mol. The normalized spacial score (nSPS) is 16.4. The van der Waals surface area contributed by atoms with Crippen molar-refractivity contribution in [1.29, 1.82) is 0 Å². The second-order valence-corrected chi connectivity index (χ2v) is 6.13.